The Hall–Kier alpha value is -3.36. The van der Waals surface area contributed by atoms with Gasteiger partial charge in [0.15, 0.2) is 6.61 Å². The van der Waals surface area contributed by atoms with Crippen molar-refractivity contribution in [2.24, 2.45) is 0 Å². The molecule has 3 aromatic rings. The zero-order valence-electron chi connectivity index (χ0n) is 21.8. The molecule has 0 saturated heterocycles. The summed E-state index contributed by atoms with van der Waals surface area (Å²) in [7, 11) is 0. The molecule has 1 atom stereocenters. The number of aliphatic carboxylic acids is 1. The highest BCUT2D eigenvalue weighted by atomic mass is 35.5. The number of aryl methyl sites for hydroxylation is 1. The van der Waals surface area contributed by atoms with E-state index in [1.807, 2.05) is 31.9 Å². The minimum atomic E-state index is -3.09. The van der Waals surface area contributed by atoms with Gasteiger partial charge in [-0.15, -0.1) is 0 Å². The number of ether oxygens (including phenoxy) is 2. The third-order valence-electron chi connectivity index (χ3n) is 6.30. The van der Waals surface area contributed by atoms with Crippen LogP contribution in [0.3, 0.4) is 0 Å². The van der Waals surface area contributed by atoms with E-state index in [1.165, 1.54) is 6.07 Å². The summed E-state index contributed by atoms with van der Waals surface area (Å²) in [6.45, 7) is 4.29. The topological polar surface area (TPSA) is 72.8 Å². The molecule has 1 N–H and O–H groups in total. The van der Waals surface area contributed by atoms with E-state index in [0.29, 0.717) is 22.9 Å². The number of carbonyl (C=O) groups excluding carboxylic acids is 1. The van der Waals surface area contributed by atoms with Gasteiger partial charge in [-0.2, -0.15) is 0 Å². The Bertz CT molecular complexity index is 1280. The van der Waals surface area contributed by atoms with Gasteiger partial charge in [-0.05, 0) is 103 Å². The second-order valence-corrected chi connectivity index (χ2v) is 9.47. The van der Waals surface area contributed by atoms with E-state index >= 15 is 0 Å². The first-order chi connectivity index (χ1) is 18.6. The fourth-order valence-corrected chi connectivity index (χ4v) is 4.89. The normalized spacial score (nSPS) is 14.0. The monoisotopic (exact) mass is 576 g/mol. The molecule has 0 unspecified atom stereocenters. The lowest BCUT2D eigenvalue weighted by atomic mass is 9.79. The Morgan fingerprint density at radius 2 is 1.79 bits per heavy atom. The largest absolute Gasteiger partial charge is 0.482 e. The standard InChI is InChI=1S/C28H27ClF2O4.CH2O.CH2S/c1-17-13-20(29)10-12-24(17)35-26-11-9-18(15-23(26)28(2,30)31)14-19-5-3-7-22-21(19)6-4-8-25(22)34-16-27(32)33;2*1-2/h4,6,8-13,15,19H,3,5,7,14,16H2,1-2H3,(H,32,33);2*1H2/t19-;;/m0../s1. The van der Waals surface area contributed by atoms with Gasteiger partial charge < -0.3 is 19.4 Å². The molecule has 0 saturated carbocycles. The van der Waals surface area contributed by atoms with Crippen LogP contribution in [0.25, 0.3) is 0 Å². The Balaban J connectivity index is 0.00000127. The van der Waals surface area contributed by atoms with Crippen LogP contribution in [-0.2, 0) is 28.4 Å². The fraction of sp³-hybridized carbons (Fsp3) is 0.300. The second-order valence-electron chi connectivity index (χ2n) is 9.03. The maximum absolute atomic E-state index is 14.6. The molecule has 39 heavy (non-hydrogen) atoms. The van der Waals surface area contributed by atoms with Crippen molar-refractivity contribution < 1.29 is 33.0 Å². The zero-order chi connectivity index (χ0) is 29.2. The van der Waals surface area contributed by atoms with Gasteiger partial charge in [0.05, 0.1) is 5.56 Å². The molecule has 0 spiro atoms. The van der Waals surface area contributed by atoms with Crippen LogP contribution in [0, 0.1) is 6.92 Å². The molecule has 0 heterocycles. The Morgan fingerprint density at radius 3 is 2.44 bits per heavy atom. The van der Waals surface area contributed by atoms with Crippen LogP contribution in [0.15, 0.2) is 54.6 Å². The van der Waals surface area contributed by atoms with Crippen LogP contribution in [0.4, 0.5) is 8.78 Å². The Morgan fingerprint density at radius 1 is 1.10 bits per heavy atom. The quantitative estimate of drug-likeness (QED) is 0.273. The molecule has 4 rings (SSSR count). The summed E-state index contributed by atoms with van der Waals surface area (Å²) in [5.74, 6) is 0.00339. The average molecular weight is 577 g/mol. The molecule has 1 aliphatic rings. The van der Waals surface area contributed by atoms with Crippen LogP contribution in [0.2, 0.25) is 5.02 Å². The van der Waals surface area contributed by atoms with Gasteiger partial charge in [-0.25, -0.2) is 13.6 Å². The highest BCUT2D eigenvalue weighted by molar-refractivity contribution is 7.77. The number of fused-ring (bicyclic) bond motifs is 1. The molecular formula is C30H31ClF2O5S. The minimum Gasteiger partial charge on any atom is -0.482 e. The van der Waals surface area contributed by atoms with Crippen molar-refractivity contribution >= 4 is 42.4 Å². The first-order valence-electron chi connectivity index (χ1n) is 12.1. The maximum atomic E-state index is 14.6. The van der Waals surface area contributed by atoms with Gasteiger partial charge in [-0.3, -0.25) is 0 Å². The molecule has 9 heteroatoms. The number of benzene rings is 3. The number of carboxylic acids is 1. The molecule has 3 aromatic carbocycles. The van der Waals surface area contributed by atoms with Gasteiger partial charge >= 0.3 is 5.97 Å². The summed E-state index contributed by atoms with van der Waals surface area (Å²) in [5.41, 5.74) is 3.47. The van der Waals surface area contributed by atoms with E-state index in [9.17, 15) is 13.6 Å². The van der Waals surface area contributed by atoms with Crippen LogP contribution >= 0.6 is 23.8 Å². The van der Waals surface area contributed by atoms with Gasteiger partial charge in [0.25, 0.3) is 5.92 Å². The number of hydrogen-bond donors (Lipinski definition) is 1. The molecule has 0 aliphatic heterocycles. The first kappa shape index (κ1) is 31.9. The minimum absolute atomic E-state index is 0.111. The molecule has 0 amide bonds. The van der Waals surface area contributed by atoms with Crippen LogP contribution in [0.1, 0.15) is 53.5 Å². The fourth-order valence-electron chi connectivity index (χ4n) is 4.67. The van der Waals surface area contributed by atoms with E-state index in [0.717, 1.165) is 48.4 Å². The third kappa shape index (κ3) is 8.57. The molecule has 0 radical (unpaired) electrons. The summed E-state index contributed by atoms with van der Waals surface area (Å²) in [6.07, 6.45) is 3.21. The lowest BCUT2D eigenvalue weighted by molar-refractivity contribution is -0.139. The van der Waals surface area contributed by atoms with Crippen molar-refractivity contribution in [2.45, 2.75) is 51.4 Å². The predicted octanol–water partition coefficient (Wildman–Crippen LogP) is 8.11. The SMILES string of the molecule is C=O.C=S.Cc1cc(Cl)ccc1Oc1ccc(C[C@@H]2CCCc3c(OCC(=O)O)cccc32)cc1C(C)(F)F. The third-order valence-corrected chi connectivity index (χ3v) is 6.53. The number of rotatable bonds is 8. The Labute approximate surface area is 237 Å². The van der Waals surface area contributed by atoms with E-state index in [2.05, 4.69) is 18.1 Å². The van der Waals surface area contributed by atoms with Crippen molar-refractivity contribution in [1.82, 2.24) is 0 Å². The van der Waals surface area contributed by atoms with Crippen LogP contribution < -0.4 is 9.47 Å². The van der Waals surface area contributed by atoms with Crippen molar-refractivity contribution in [1.29, 1.82) is 0 Å². The highest BCUT2D eigenvalue weighted by Crippen LogP contribution is 2.42. The number of thiocarbonyl (C=S) groups is 1. The molecule has 1 aliphatic carbocycles. The first-order valence-corrected chi connectivity index (χ1v) is 13.1. The highest BCUT2D eigenvalue weighted by Gasteiger charge is 2.30. The average Bonchev–Trinajstić information content (AvgIpc) is 2.91. The van der Waals surface area contributed by atoms with Crippen LogP contribution in [0.5, 0.6) is 17.2 Å². The number of carboxylic acid groups (broad SMARTS) is 1. The van der Waals surface area contributed by atoms with Gasteiger partial charge in [0.1, 0.15) is 24.0 Å². The smallest absolute Gasteiger partial charge is 0.341 e. The van der Waals surface area contributed by atoms with Crippen molar-refractivity contribution in [3.8, 4) is 17.2 Å². The summed E-state index contributed by atoms with van der Waals surface area (Å²) >= 11 is 9.84. The second kappa shape index (κ2) is 14.7. The van der Waals surface area contributed by atoms with Gasteiger partial charge in [0, 0.05) is 11.9 Å². The Kier molecular flexibility index (Phi) is 12.0. The van der Waals surface area contributed by atoms with Crippen molar-refractivity contribution in [3.05, 3.63) is 87.4 Å². The van der Waals surface area contributed by atoms with E-state index in [1.54, 1.807) is 30.3 Å². The van der Waals surface area contributed by atoms with Gasteiger partial charge in [0.2, 0.25) is 0 Å². The number of halogens is 3. The lowest BCUT2D eigenvalue weighted by Gasteiger charge is -2.28. The van der Waals surface area contributed by atoms with Crippen molar-refractivity contribution in [3.63, 3.8) is 0 Å². The number of alkyl halides is 2. The zero-order valence-corrected chi connectivity index (χ0v) is 23.4. The lowest BCUT2D eigenvalue weighted by Crippen LogP contribution is -2.16. The molecule has 0 bridgehead atoms. The summed E-state index contributed by atoms with van der Waals surface area (Å²) in [6, 6.07) is 15.7. The summed E-state index contributed by atoms with van der Waals surface area (Å²) in [4.78, 5) is 18.9. The summed E-state index contributed by atoms with van der Waals surface area (Å²) in [5, 5.41) is 9.51. The molecule has 208 valence electrons. The maximum Gasteiger partial charge on any atom is 0.341 e. The van der Waals surface area contributed by atoms with E-state index < -0.39 is 18.5 Å². The predicted molar refractivity (Wildman–Crippen MR) is 153 cm³/mol. The van der Waals surface area contributed by atoms with Crippen molar-refractivity contribution in [2.75, 3.05) is 6.61 Å². The number of hydrogen-bond acceptors (Lipinski definition) is 5. The molecule has 5 nitrogen and oxygen atoms in total. The van der Waals surface area contributed by atoms with Crippen LogP contribution in [-0.4, -0.2) is 30.3 Å². The van der Waals surface area contributed by atoms with E-state index in [4.69, 9.17) is 31.0 Å². The van der Waals surface area contributed by atoms with E-state index in [-0.39, 0.29) is 17.2 Å². The molecule has 0 aromatic heterocycles. The summed E-state index contributed by atoms with van der Waals surface area (Å²) < 4.78 is 40.6. The number of carbonyl (C=O) groups is 2. The molecule has 0 fully saturated rings. The molecular weight excluding hydrogens is 546 g/mol. The van der Waals surface area contributed by atoms with Gasteiger partial charge in [-0.1, -0.05) is 42.0 Å².